The second-order valence-electron chi connectivity index (χ2n) is 3.46. The van der Waals surface area contributed by atoms with Crippen molar-refractivity contribution in [2.24, 2.45) is 5.14 Å². The third-order valence-corrected chi connectivity index (χ3v) is 3.22. The Hall–Kier alpha value is -1.54. The molecular formula is C9H7F3N2O2S. The highest BCUT2D eigenvalue weighted by Crippen LogP contribution is 2.34. The van der Waals surface area contributed by atoms with Crippen molar-refractivity contribution in [1.82, 2.24) is 4.98 Å². The molecule has 2 rings (SSSR count). The summed E-state index contributed by atoms with van der Waals surface area (Å²) in [6.45, 7) is 0. The molecule has 0 bridgehead atoms. The average molecular weight is 264 g/mol. The number of aromatic nitrogens is 1. The number of hydrogen-bond donors (Lipinski definition) is 2. The zero-order valence-corrected chi connectivity index (χ0v) is 9.06. The molecule has 0 spiro atoms. The Kier molecular flexibility index (Phi) is 2.44. The van der Waals surface area contributed by atoms with Gasteiger partial charge in [0.25, 0.3) is 0 Å². The highest BCUT2D eigenvalue weighted by atomic mass is 32.2. The molecule has 0 aliphatic rings. The minimum Gasteiger partial charge on any atom is -0.361 e. The first kappa shape index (κ1) is 11.9. The lowest BCUT2D eigenvalue weighted by Gasteiger charge is -2.09. The first-order chi connectivity index (χ1) is 7.69. The molecule has 3 N–H and O–H groups in total. The number of fused-ring (bicyclic) bond motifs is 1. The third-order valence-electron chi connectivity index (χ3n) is 2.26. The van der Waals surface area contributed by atoms with Gasteiger partial charge in [0.05, 0.1) is 10.5 Å². The SMILES string of the molecule is NS(=O)(=O)c1cc(C(F)(F)F)cc2[nH]ccc12. The van der Waals surface area contributed by atoms with Gasteiger partial charge >= 0.3 is 6.18 Å². The monoisotopic (exact) mass is 264 g/mol. The molecule has 0 unspecified atom stereocenters. The molecule has 1 aromatic carbocycles. The standard InChI is InChI=1S/C9H7F3N2O2S/c10-9(11,12)5-3-7-6(1-2-14-7)8(4-5)17(13,15)16/h1-4,14H,(H2,13,15,16). The lowest BCUT2D eigenvalue weighted by atomic mass is 10.1. The van der Waals surface area contributed by atoms with Gasteiger partial charge in [-0.25, -0.2) is 13.6 Å². The molecule has 0 saturated carbocycles. The van der Waals surface area contributed by atoms with E-state index in [1.807, 2.05) is 0 Å². The van der Waals surface area contributed by atoms with Gasteiger partial charge < -0.3 is 4.98 Å². The summed E-state index contributed by atoms with van der Waals surface area (Å²) >= 11 is 0. The van der Waals surface area contributed by atoms with Crippen LogP contribution >= 0.6 is 0 Å². The maximum atomic E-state index is 12.5. The molecule has 4 nitrogen and oxygen atoms in total. The van der Waals surface area contributed by atoms with E-state index in [1.165, 1.54) is 12.3 Å². The second-order valence-corrected chi connectivity index (χ2v) is 4.99. The van der Waals surface area contributed by atoms with Crippen LogP contribution in [0.1, 0.15) is 5.56 Å². The molecule has 0 radical (unpaired) electrons. The first-order valence-corrected chi connectivity index (χ1v) is 5.95. The molecule has 1 heterocycles. The van der Waals surface area contributed by atoms with Gasteiger partial charge in [-0.1, -0.05) is 0 Å². The maximum absolute atomic E-state index is 12.5. The van der Waals surface area contributed by atoms with Gasteiger partial charge in [0, 0.05) is 17.1 Å². The van der Waals surface area contributed by atoms with Crippen LogP contribution in [0.2, 0.25) is 0 Å². The molecule has 0 fully saturated rings. The van der Waals surface area contributed by atoms with Crippen molar-refractivity contribution in [2.45, 2.75) is 11.1 Å². The van der Waals surface area contributed by atoms with Crippen LogP contribution in [0.4, 0.5) is 13.2 Å². The van der Waals surface area contributed by atoms with E-state index < -0.39 is 26.7 Å². The van der Waals surface area contributed by atoms with E-state index in [1.54, 1.807) is 0 Å². The summed E-state index contributed by atoms with van der Waals surface area (Å²) in [6.07, 6.45) is -3.28. The van der Waals surface area contributed by atoms with Crippen LogP contribution in [-0.2, 0) is 16.2 Å². The van der Waals surface area contributed by atoms with E-state index in [0.717, 1.165) is 6.07 Å². The second kappa shape index (κ2) is 3.47. The number of nitrogens with one attached hydrogen (secondary N) is 1. The zero-order chi connectivity index (χ0) is 12.8. The average Bonchev–Trinajstić information content (AvgIpc) is 2.59. The number of sulfonamides is 1. The van der Waals surface area contributed by atoms with Crippen molar-refractivity contribution < 1.29 is 21.6 Å². The largest absolute Gasteiger partial charge is 0.416 e. The highest BCUT2D eigenvalue weighted by molar-refractivity contribution is 7.89. The van der Waals surface area contributed by atoms with E-state index in [0.29, 0.717) is 6.07 Å². The molecule has 0 atom stereocenters. The van der Waals surface area contributed by atoms with E-state index in [4.69, 9.17) is 5.14 Å². The summed E-state index contributed by atoms with van der Waals surface area (Å²) in [6, 6.07) is 2.73. The van der Waals surface area contributed by atoms with Crippen LogP contribution in [0.3, 0.4) is 0 Å². The fraction of sp³-hybridized carbons (Fsp3) is 0.111. The Morgan fingerprint density at radius 3 is 2.41 bits per heavy atom. The van der Waals surface area contributed by atoms with Crippen LogP contribution in [0.15, 0.2) is 29.3 Å². The van der Waals surface area contributed by atoms with E-state index in [2.05, 4.69) is 4.98 Å². The first-order valence-electron chi connectivity index (χ1n) is 4.41. The van der Waals surface area contributed by atoms with Gasteiger partial charge in [-0.3, -0.25) is 0 Å². The molecule has 0 aliphatic carbocycles. The molecule has 1 aromatic heterocycles. The van der Waals surface area contributed by atoms with Crippen LogP contribution in [0, 0.1) is 0 Å². The Morgan fingerprint density at radius 2 is 1.88 bits per heavy atom. The normalized spacial score (nSPS) is 13.2. The topological polar surface area (TPSA) is 76.0 Å². The predicted molar refractivity (Wildman–Crippen MR) is 54.7 cm³/mol. The maximum Gasteiger partial charge on any atom is 0.416 e. The lowest BCUT2D eigenvalue weighted by molar-refractivity contribution is -0.137. The van der Waals surface area contributed by atoms with Crippen molar-refractivity contribution in [1.29, 1.82) is 0 Å². The van der Waals surface area contributed by atoms with Crippen molar-refractivity contribution in [3.63, 3.8) is 0 Å². The van der Waals surface area contributed by atoms with Gasteiger partial charge in [0.1, 0.15) is 0 Å². The summed E-state index contributed by atoms with van der Waals surface area (Å²) in [5, 5.41) is 5.02. The molecule has 92 valence electrons. The van der Waals surface area contributed by atoms with Gasteiger partial charge in [-0.15, -0.1) is 0 Å². The molecular weight excluding hydrogens is 257 g/mol. The number of halogens is 3. The van der Waals surface area contributed by atoms with E-state index in [9.17, 15) is 21.6 Å². The van der Waals surface area contributed by atoms with Crippen LogP contribution in [-0.4, -0.2) is 13.4 Å². The number of benzene rings is 1. The Labute approximate surface area is 94.3 Å². The minimum atomic E-state index is -4.63. The number of rotatable bonds is 1. The van der Waals surface area contributed by atoms with Gasteiger partial charge in [-0.2, -0.15) is 13.2 Å². The van der Waals surface area contributed by atoms with Gasteiger partial charge in [0.2, 0.25) is 10.0 Å². The number of H-pyrrole nitrogens is 1. The third kappa shape index (κ3) is 2.13. The number of hydrogen-bond acceptors (Lipinski definition) is 2. The number of primary sulfonamides is 1. The van der Waals surface area contributed by atoms with Gasteiger partial charge in [-0.05, 0) is 18.2 Å². The van der Waals surface area contributed by atoms with Crippen molar-refractivity contribution in [3.05, 3.63) is 30.0 Å². The van der Waals surface area contributed by atoms with E-state index >= 15 is 0 Å². The summed E-state index contributed by atoms with van der Waals surface area (Å²) in [5.41, 5.74) is -0.986. The molecule has 2 aromatic rings. The highest BCUT2D eigenvalue weighted by Gasteiger charge is 2.32. The van der Waals surface area contributed by atoms with Crippen LogP contribution < -0.4 is 5.14 Å². The van der Waals surface area contributed by atoms with Crippen LogP contribution in [0.5, 0.6) is 0 Å². The number of alkyl halides is 3. The fourth-order valence-corrected chi connectivity index (χ4v) is 2.31. The minimum absolute atomic E-state index is 0.0730. The summed E-state index contributed by atoms with van der Waals surface area (Å²) < 4.78 is 60.1. The lowest BCUT2D eigenvalue weighted by Crippen LogP contribution is -2.14. The van der Waals surface area contributed by atoms with Crippen molar-refractivity contribution in [3.8, 4) is 0 Å². The molecule has 17 heavy (non-hydrogen) atoms. The zero-order valence-electron chi connectivity index (χ0n) is 8.25. The van der Waals surface area contributed by atoms with Crippen molar-refractivity contribution >= 4 is 20.9 Å². The molecule has 0 aliphatic heterocycles. The molecule has 0 amide bonds. The quantitative estimate of drug-likeness (QED) is 0.824. The molecule has 0 saturated heterocycles. The summed E-state index contributed by atoms with van der Waals surface area (Å²) in [4.78, 5) is 1.99. The number of nitrogens with two attached hydrogens (primary N) is 1. The smallest absolute Gasteiger partial charge is 0.361 e. The Bertz CT molecular complexity index is 673. The summed E-state index contributed by atoms with van der Waals surface area (Å²) in [7, 11) is -4.20. The fourth-order valence-electron chi connectivity index (χ4n) is 1.53. The summed E-state index contributed by atoms with van der Waals surface area (Å²) in [5.74, 6) is 0. The Morgan fingerprint density at radius 1 is 1.24 bits per heavy atom. The van der Waals surface area contributed by atoms with Crippen molar-refractivity contribution in [2.75, 3.05) is 0 Å². The van der Waals surface area contributed by atoms with E-state index in [-0.39, 0.29) is 10.9 Å². The number of aromatic amines is 1. The predicted octanol–water partition coefficient (Wildman–Crippen LogP) is 1.83. The van der Waals surface area contributed by atoms with Crippen LogP contribution in [0.25, 0.3) is 10.9 Å². The van der Waals surface area contributed by atoms with Gasteiger partial charge in [0.15, 0.2) is 0 Å². The molecule has 8 heteroatoms. The Balaban J connectivity index is 2.86.